The standard InChI is InChI=1S/C22H25N5O.HI/c1-23-22(26-19-11-14-28-20-10-6-5-9-18(19)20)25-15-21-24-12-13-27(21)16-17-7-3-2-4-8-17;/h2-10,12-13,19H,11,14-16H2,1H3,(H2,23,25,26);1H. The highest BCUT2D eigenvalue weighted by Gasteiger charge is 2.21. The van der Waals surface area contributed by atoms with Crippen LogP contribution in [-0.4, -0.2) is 29.2 Å². The number of hydrogen-bond donors (Lipinski definition) is 2. The number of fused-ring (bicyclic) bond motifs is 1. The van der Waals surface area contributed by atoms with Gasteiger partial charge in [-0.2, -0.15) is 0 Å². The molecule has 1 aliphatic rings. The van der Waals surface area contributed by atoms with Gasteiger partial charge in [0.25, 0.3) is 0 Å². The summed E-state index contributed by atoms with van der Waals surface area (Å²) in [5, 5.41) is 6.91. The van der Waals surface area contributed by atoms with Crippen molar-refractivity contribution >= 4 is 29.9 Å². The summed E-state index contributed by atoms with van der Waals surface area (Å²) in [4.78, 5) is 8.88. The van der Waals surface area contributed by atoms with E-state index in [-0.39, 0.29) is 30.0 Å². The van der Waals surface area contributed by atoms with E-state index in [9.17, 15) is 0 Å². The number of para-hydroxylation sites is 1. The predicted molar refractivity (Wildman–Crippen MR) is 126 cm³/mol. The molecule has 3 aromatic rings. The molecule has 0 amide bonds. The molecule has 0 radical (unpaired) electrons. The molecule has 0 fully saturated rings. The molecule has 29 heavy (non-hydrogen) atoms. The number of aromatic nitrogens is 2. The molecule has 7 heteroatoms. The molecular formula is C22H26IN5O. The molecule has 1 unspecified atom stereocenters. The minimum atomic E-state index is 0. The minimum absolute atomic E-state index is 0. The van der Waals surface area contributed by atoms with Crippen LogP contribution in [0, 0.1) is 0 Å². The maximum atomic E-state index is 5.75. The quantitative estimate of drug-likeness (QED) is 0.317. The van der Waals surface area contributed by atoms with Crippen molar-refractivity contribution in [3.05, 3.63) is 83.9 Å². The van der Waals surface area contributed by atoms with Crippen LogP contribution in [0.15, 0.2) is 72.0 Å². The second-order valence-corrected chi connectivity index (χ2v) is 6.75. The molecule has 0 saturated carbocycles. The van der Waals surface area contributed by atoms with Gasteiger partial charge in [-0.05, 0) is 11.6 Å². The minimum Gasteiger partial charge on any atom is -0.493 e. The Kier molecular flexibility index (Phi) is 7.51. The van der Waals surface area contributed by atoms with Crippen molar-refractivity contribution in [2.45, 2.75) is 25.6 Å². The zero-order valence-electron chi connectivity index (χ0n) is 16.4. The Morgan fingerprint density at radius 3 is 2.79 bits per heavy atom. The SMILES string of the molecule is CN=C(NCc1nccn1Cc1ccccc1)NC1CCOc2ccccc21.I. The van der Waals surface area contributed by atoms with Gasteiger partial charge in [-0.25, -0.2) is 4.98 Å². The number of imidazole rings is 1. The summed E-state index contributed by atoms with van der Waals surface area (Å²) in [6, 6.07) is 18.7. The van der Waals surface area contributed by atoms with Crippen LogP contribution in [0.25, 0.3) is 0 Å². The second-order valence-electron chi connectivity index (χ2n) is 6.75. The van der Waals surface area contributed by atoms with Gasteiger partial charge in [0.2, 0.25) is 0 Å². The number of halogens is 1. The van der Waals surface area contributed by atoms with E-state index in [2.05, 4.69) is 55.5 Å². The van der Waals surface area contributed by atoms with Gasteiger partial charge >= 0.3 is 0 Å². The molecule has 6 nitrogen and oxygen atoms in total. The van der Waals surface area contributed by atoms with Gasteiger partial charge in [-0.1, -0.05) is 48.5 Å². The number of nitrogens with zero attached hydrogens (tertiary/aromatic N) is 3. The summed E-state index contributed by atoms with van der Waals surface area (Å²) >= 11 is 0. The van der Waals surface area contributed by atoms with E-state index in [0.29, 0.717) is 13.2 Å². The van der Waals surface area contributed by atoms with Crippen LogP contribution in [0.1, 0.15) is 29.4 Å². The summed E-state index contributed by atoms with van der Waals surface area (Å²) in [5.41, 5.74) is 2.42. The third kappa shape index (κ3) is 5.29. The predicted octanol–water partition coefficient (Wildman–Crippen LogP) is 3.74. The van der Waals surface area contributed by atoms with Crippen molar-refractivity contribution < 1.29 is 4.74 Å². The van der Waals surface area contributed by atoms with Crippen LogP contribution in [-0.2, 0) is 13.1 Å². The van der Waals surface area contributed by atoms with Crippen molar-refractivity contribution in [1.82, 2.24) is 20.2 Å². The van der Waals surface area contributed by atoms with E-state index >= 15 is 0 Å². The molecule has 0 spiro atoms. The molecule has 0 bridgehead atoms. The fourth-order valence-corrected chi connectivity index (χ4v) is 3.45. The molecular weight excluding hydrogens is 477 g/mol. The van der Waals surface area contributed by atoms with Gasteiger partial charge in [0.05, 0.1) is 19.2 Å². The van der Waals surface area contributed by atoms with E-state index in [4.69, 9.17) is 4.74 Å². The van der Waals surface area contributed by atoms with Gasteiger partial charge in [0, 0.05) is 38.0 Å². The lowest BCUT2D eigenvalue weighted by Gasteiger charge is -2.28. The van der Waals surface area contributed by atoms with E-state index in [0.717, 1.165) is 30.5 Å². The molecule has 0 aliphatic carbocycles. The van der Waals surface area contributed by atoms with E-state index < -0.39 is 0 Å². The summed E-state index contributed by atoms with van der Waals surface area (Å²) in [6.45, 7) is 2.11. The number of rotatable bonds is 5. The number of ether oxygens (including phenoxy) is 1. The Balaban J connectivity index is 0.00000240. The Morgan fingerprint density at radius 1 is 1.17 bits per heavy atom. The molecule has 1 atom stereocenters. The summed E-state index contributed by atoms with van der Waals surface area (Å²) in [5.74, 6) is 2.68. The van der Waals surface area contributed by atoms with Gasteiger partial charge in [0.15, 0.2) is 5.96 Å². The maximum Gasteiger partial charge on any atom is 0.191 e. The summed E-state index contributed by atoms with van der Waals surface area (Å²) < 4.78 is 7.90. The fraction of sp³-hybridized carbons (Fsp3) is 0.273. The molecule has 1 aliphatic heterocycles. The van der Waals surface area contributed by atoms with Crippen molar-refractivity contribution in [3.63, 3.8) is 0 Å². The molecule has 4 rings (SSSR count). The van der Waals surface area contributed by atoms with E-state index in [1.165, 1.54) is 11.1 Å². The number of aliphatic imine (C=N–C) groups is 1. The summed E-state index contributed by atoms with van der Waals surface area (Å²) in [6.07, 6.45) is 4.75. The molecule has 152 valence electrons. The van der Waals surface area contributed by atoms with Gasteiger partial charge < -0.3 is 19.9 Å². The van der Waals surface area contributed by atoms with Crippen molar-refractivity contribution in [3.8, 4) is 5.75 Å². The van der Waals surface area contributed by atoms with E-state index in [1.54, 1.807) is 7.05 Å². The average Bonchev–Trinajstić information content (AvgIpc) is 3.19. The van der Waals surface area contributed by atoms with Gasteiger partial charge in [0.1, 0.15) is 11.6 Å². The molecule has 0 saturated heterocycles. The third-order valence-corrected chi connectivity index (χ3v) is 4.90. The number of nitrogens with one attached hydrogen (secondary N) is 2. The maximum absolute atomic E-state index is 5.75. The number of hydrogen-bond acceptors (Lipinski definition) is 3. The molecule has 2 heterocycles. The van der Waals surface area contributed by atoms with Crippen LogP contribution in [0.4, 0.5) is 0 Å². The lowest BCUT2D eigenvalue weighted by Crippen LogP contribution is -2.41. The smallest absolute Gasteiger partial charge is 0.191 e. The normalized spacial score (nSPS) is 15.6. The highest BCUT2D eigenvalue weighted by Crippen LogP contribution is 2.31. The van der Waals surface area contributed by atoms with E-state index in [1.807, 2.05) is 36.7 Å². The monoisotopic (exact) mass is 503 g/mol. The number of benzene rings is 2. The van der Waals surface area contributed by atoms with Crippen LogP contribution >= 0.6 is 24.0 Å². The van der Waals surface area contributed by atoms with Crippen LogP contribution in [0.2, 0.25) is 0 Å². The first-order valence-corrected chi connectivity index (χ1v) is 9.56. The zero-order valence-corrected chi connectivity index (χ0v) is 18.7. The topological polar surface area (TPSA) is 63.5 Å². The number of guanidine groups is 1. The Bertz CT molecular complexity index is 941. The molecule has 2 N–H and O–H groups in total. The lowest BCUT2D eigenvalue weighted by atomic mass is 10.0. The largest absolute Gasteiger partial charge is 0.493 e. The van der Waals surface area contributed by atoms with Gasteiger partial charge in [-0.15, -0.1) is 24.0 Å². The van der Waals surface area contributed by atoms with Crippen molar-refractivity contribution in [1.29, 1.82) is 0 Å². The van der Waals surface area contributed by atoms with Gasteiger partial charge in [-0.3, -0.25) is 4.99 Å². The Morgan fingerprint density at radius 2 is 1.97 bits per heavy atom. The highest BCUT2D eigenvalue weighted by atomic mass is 127. The van der Waals surface area contributed by atoms with Crippen LogP contribution < -0.4 is 15.4 Å². The molecule has 1 aromatic heterocycles. The lowest BCUT2D eigenvalue weighted by molar-refractivity contribution is 0.261. The Labute approximate surface area is 188 Å². The summed E-state index contributed by atoms with van der Waals surface area (Å²) in [7, 11) is 1.79. The third-order valence-electron chi connectivity index (χ3n) is 4.90. The van der Waals surface area contributed by atoms with Crippen LogP contribution in [0.3, 0.4) is 0 Å². The first-order valence-electron chi connectivity index (χ1n) is 9.56. The average molecular weight is 503 g/mol. The highest BCUT2D eigenvalue weighted by molar-refractivity contribution is 14.0. The zero-order chi connectivity index (χ0) is 19.2. The second kappa shape index (κ2) is 10.3. The first kappa shape index (κ1) is 21.2. The van der Waals surface area contributed by atoms with Crippen molar-refractivity contribution in [2.75, 3.05) is 13.7 Å². The van der Waals surface area contributed by atoms with Crippen molar-refractivity contribution in [2.24, 2.45) is 4.99 Å². The first-order chi connectivity index (χ1) is 13.8. The van der Waals surface area contributed by atoms with Crippen LogP contribution in [0.5, 0.6) is 5.75 Å². The fourth-order valence-electron chi connectivity index (χ4n) is 3.45. The molecule has 2 aromatic carbocycles. The Hall–Kier alpha value is -2.55.